The molecule has 0 aliphatic heterocycles. The van der Waals surface area contributed by atoms with Crippen LogP contribution < -0.4 is 0 Å². The van der Waals surface area contributed by atoms with Crippen molar-refractivity contribution in [1.82, 2.24) is 9.78 Å². The van der Waals surface area contributed by atoms with Crippen LogP contribution in [0.4, 0.5) is 0 Å². The maximum atomic E-state index is 10.6. The molecular formula is C14H24N2O. The quantitative estimate of drug-likeness (QED) is 0.876. The zero-order chi connectivity index (χ0) is 12.5. The highest BCUT2D eigenvalue weighted by molar-refractivity contribution is 5.24. The second kappa shape index (κ2) is 4.81. The van der Waals surface area contributed by atoms with E-state index in [9.17, 15) is 5.11 Å². The summed E-state index contributed by atoms with van der Waals surface area (Å²) in [5.41, 5.74) is 3.16. The van der Waals surface area contributed by atoms with Gasteiger partial charge in [0.15, 0.2) is 0 Å². The third-order valence-electron chi connectivity index (χ3n) is 4.11. The van der Waals surface area contributed by atoms with Crippen molar-refractivity contribution in [1.29, 1.82) is 0 Å². The highest BCUT2D eigenvalue weighted by Crippen LogP contribution is 2.30. The van der Waals surface area contributed by atoms with Crippen LogP contribution >= 0.6 is 0 Å². The van der Waals surface area contributed by atoms with Gasteiger partial charge < -0.3 is 5.11 Å². The molecule has 2 rings (SSSR count). The van der Waals surface area contributed by atoms with E-state index in [0.29, 0.717) is 6.54 Å². The summed E-state index contributed by atoms with van der Waals surface area (Å²) in [5.74, 6) is 0. The van der Waals surface area contributed by atoms with Gasteiger partial charge in [-0.15, -0.1) is 0 Å². The second-order valence-electron chi connectivity index (χ2n) is 5.45. The number of nitrogens with zero attached hydrogens (tertiary/aromatic N) is 2. The number of aryl methyl sites for hydroxylation is 1. The third kappa shape index (κ3) is 2.54. The van der Waals surface area contributed by atoms with E-state index in [4.69, 9.17) is 0 Å². The van der Waals surface area contributed by atoms with Crippen LogP contribution in [-0.2, 0) is 13.0 Å². The minimum Gasteiger partial charge on any atom is -0.388 e. The lowest BCUT2D eigenvalue weighted by Crippen LogP contribution is -2.37. The van der Waals surface area contributed by atoms with Gasteiger partial charge in [0.25, 0.3) is 0 Å². The van der Waals surface area contributed by atoms with Gasteiger partial charge in [0.2, 0.25) is 0 Å². The van der Waals surface area contributed by atoms with E-state index in [0.717, 1.165) is 37.8 Å². The molecule has 0 unspecified atom stereocenters. The van der Waals surface area contributed by atoms with Crippen molar-refractivity contribution in [2.45, 2.75) is 71.4 Å². The Balaban J connectivity index is 2.18. The Morgan fingerprint density at radius 1 is 1.24 bits per heavy atom. The van der Waals surface area contributed by atoms with Gasteiger partial charge in [-0.25, -0.2) is 0 Å². The fourth-order valence-corrected chi connectivity index (χ4v) is 3.05. The van der Waals surface area contributed by atoms with E-state index in [2.05, 4.69) is 25.9 Å². The normalized spacial score (nSPS) is 19.5. The molecule has 0 radical (unpaired) electrons. The van der Waals surface area contributed by atoms with Gasteiger partial charge in [-0.05, 0) is 38.7 Å². The van der Waals surface area contributed by atoms with Crippen molar-refractivity contribution in [3.8, 4) is 0 Å². The molecule has 0 saturated heterocycles. The molecule has 17 heavy (non-hydrogen) atoms. The van der Waals surface area contributed by atoms with Crippen LogP contribution in [0.3, 0.4) is 0 Å². The summed E-state index contributed by atoms with van der Waals surface area (Å²) in [6.07, 6.45) is 6.43. The Labute approximate surface area is 104 Å². The first-order chi connectivity index (χ1) is 8.06. The first kappa shape index (κ1) is 12.6. The van der Waals surface area contributed by atoms with Gasteiger partial charge in [-0.1, -0.05) is 26.2 Å². The Hall–Kier alpha value is -0.830. The van der Waals surface area contributed by atoms with Crippen LogP contribution in [0.1, 0.15) is 56.0 Å². The summed E-state index contributed by atoms with van der Waals surface area (Å²) in [7, 11) is 0. The molecule has 3 heteroatoms. The molecule has 0 spiro atoms. The lowest BCUT2D eigenvalue weighted by molar-refractivity contribution is -0.0148. The van der Waals surface area contributed by atoms with Crippen molar-refractivity contribution in [2.24, 2.45) is 0 Å². The standard InChI is InChI=1S/C14H24N2O/c1-4-13-11(2)15-16(12(13)3)10-14(17)8-6-5-7-9-14/h17H,4-10H2,1-3H3. The molecule has 96 valence electrons. The maximum absolute atomic E-state index is 10.6. The topological polar surface area (TPSA) is 38.0 Å². The molecule has 3 nitrogen and oxygen atoms in total. The summed E-state index contributed by atoms with van der Waals surface area (Å²) in [6, 6.07) is 0. The van der Waals surface area contributed by atoms with Gasteiger partial charge in [0.1, 0.15) is 0 Å². The van der Waals surface area contributed by atoms with Crippen LogP contribution in [0.5, 0.6) is 0 Å². The maximum Gasteiger partial charge on any atom is 0.0842 e. The number of hydrogen-bond donors (Lipinski definition) is 1. The van der Waals surface area contributed by atoms with Crippen LogP contribution in [-0.4, -0.2) is 20.5 Å². The van der Waals surface area contributed by atoms with E-state index in [1.165, 1.54) is 17.7 Å². The summed E-state index contributed by atoms with van der Waals surface area (Å²) in [5, 5.41) is 15.1. The van der Waals surface area contributed by atoms with Crippen LogP contribution in [0, 0.1) is 13.8 Å². The lowest BCUT2D eigenvalue weighted by atomic mass is 9.85. The van der Waals surface area contributed by atoms with E-state index in [1.807, 2.05) is 4.68 Å². The molecule has 1 N–H and O–H groups in total. The first-order valence-corrected chi connectivity index (χ1v) is 6.81. The van der Waals surface area contributed by atoms with Crippen molar-refractivity contribution in [2.75, 3.05) is 0 Å². The Morgan fingerprint density at radius 3 is 2.41 bits per heavy atom. The molecule has 1 heterocycles. The summed E-state index contributed by atoms with van der Waals surface area (Å²) >= 11 is 0. The predicted octanol–water partition coefficient (Wildman–Crippen LogP) is 2.76. The van der Waals surface area contributed by atoms with Gasteiger partial charge >= 0.3 is 0 Å². The van der Waals surface area contributed by atoms with E-state index in [1.54, 1.807) is 0 Å². The van der Waals surface area contributed by atoms with Crippen molar-refractivity contribution >= 4 is 0 Å². The first-order valence-electron chi connectivity index (χ1n) is 6.81. The largest absolute Gasteiger partial charge is 0.388 e. The molecule has 1 aromatic rings. The highest BCUT2D eigenvalue weighted by Gasteiger charge is 2.30. The molecule has 0 atom stereocenters. The molecule has 0 amide bonds. The average molecular weight is 236 g/mol. The van der Waals surface area contributed by atoms with E-state index >= 15 is 0 Å². The molecule has 0 aromatic carbocycles. The van der Waals surface area contributed by atoms with Crippen LogP contribution in [0.2, 0.25) is 0 Å². The van der Waals surface area contributed by atoms with E-state index in [-0.39, 0.29) is 0 Å². The second-order valence-corrected chi connectivity index (χ2v) is 5.45. The van der Waals surface area contributed by atoms with Crippen molar-refractivity contribution in [3.63, 3.8) is 0 Å². The molecule has 1 aromatic heterocycles. The number of aliphatic hydroxyl groups is 1. The Morgan fingerprint density at radius 2 is 1.88 bits per heavy atom. The van der Waals surface area contributed by atoms with Crippen molar-refractivity contribution in [3.05, 3.63) is 17.0 Å². The number of hydrogen-bond acceptors (Lipinski definition) is 2. The summed E-state index contributed by atoms with van der Waals surface area (Å²) in [4.78, 5) is 0. The fourth-order valence-electron chi connectivity index (χ4n) is 3.05. The minimum atomic E-state index is -0.521. The summed E-state index contributed by atoms with van der Waals surface area (Å²) < 4.78 is 2.01. The van der Waals surface area contributed by atoms with Gasteiger partial charge in [-0.3, -0.25) is 4.68 Å². The molecule has 1 fully saturated rings. The van der Waals surface area contributed by atoms with Crippen LogP contribution in [0.25, 0.3) is 0 Å². The molecule has 1 saturated carbocycles. The monoisotopic (exact) mass is 236 g/mol. The zero-order valence-electron chi connectivity index (χ0n) is 11.3. The molecule has 1 aliphatic rings. The third-order valence-corrected chi connectivity index (χ3v) is 4.11. The molecule has 1 aliphatic carbocycles. The van der Waals surface area contributed by atoms with E-state index < -0.39 is 5.60 Å². The fraction of sp³-hybridized carbons (Fsp3) is 0.786. The van der Waals surface area contributed by atoms with Gasteiger partial charge in [0.05, 0.1) is 17.8 Å². The Kier molecular flexibility index (Phi) is 3.57. The zero-order valence-corrected chi connectivity index (χ0v) is 11.3. The average Bonchev–Trinajstić information content (AvgIpc) is 2.54. The smallest absolute Gasteiger partial charge is 0.0842 e. The number of rotatable bonds is 3. The van der Waals surface area contributed by atoms with Gasteiger partial charge in [0, 0.05) is 5.69 Å². The van der Waals surface area contributed by atoms with Gasteiger partial charge in [-0.2, -0.15) is 5.10 Å². The Bertz CT molecular complexity index is 389. The SMILES string of the molecule is CCc1c(C)nn(CC2(O)CCCCC2)c1C. The van der Waals surface area contributed by atoms with Crippen LogP contribution in [0.15, 0.2) is 0 Å². The predicted molar refractivity (Wildman–Crippen MR) is 69.1 cm³/mol. The molecule has 0 bridgehead atoms. The molecular weight excluding hydrogens is 212 g/mol. The van der Waals surface area contributed by atoms with Crippen molar-refractivity contribution < 1.29 is 5.11 Å². The lowest BCUT2D eigenvalue weighted by Gasteiger charge is -2.32. The number of aromatic nitrogens is 2. The highest BCUT2D eigenvalue weighted by atomic mass is 16.3. The minimum absolute atomic E-state index is 0.521. The summed E-state index contributed by atoms with van der Waals surface area (Å²) in [6.45, 7) is 7.01.